The van der Waals surface area contributed by atoms with Crippen molar-refractivity contribution in [1.82, 2.24) is 0 Å². The molecule has 0 aliphatic heterocycles. The highest BCUT2D eigenvalue weighted by atomic mass is 35.5. The third kappa shape index (κ3) is 3.16. The van der Waals surface area contributed by atoms with E-state index in [0.29, 0.717) is 5.02 Å². The molecule has 98 valence electrons. The number of benzene rings is 2. The van der Waals surface area contributed by atoms with E-state index in [0.717, 1.165) is 18.2 Å². The molecule has 1 amide bonds. The van der Waals surface area contributed by atoms with Crippen LogP contribution in [-0.4, -0.2) is 11.0 Å². The van der Waals surface area contributed by atoms with Gasteiger partial charge in [-0.2, -0.15) is 0 Å². The van der Waals surface area contributed by atoms with Crippen molar-refractivity contribution in [1.29, 1.82) is 0 Å². The first kappa shape index (κ1) is 13.6. The highest BCUT2D eigenvalue weighted by Crippen LogP contribution is 2.27. The van der Waals surface area contributed by atoms with Crippen LogP contribution < -0.4 is 5.32 Å². The fourth-order valence-electron chi connectivity index (χ4n) is 1.47. The number of phenols is 1. The Kier molecular flexibility index (Phi) is 3.93. The standard InChI is InChI=1S/C13H8Cl2FNO2/c14-7-1-3-10(15)11(5-7)17-13(19)9-6-8(16)2-4-12(9)18/h1-6,18H,(H,17,19). The van der Waals surface area contributed by atoms with E-state index in [2.05, 4.69) is 5.32 Å². The molecule has 0 fully saturated rings. The average Bonchev–Trinajstić information content (AvgIpc) is 2.36. The molecule has 0 bridgehead atoms. The molecule has 0 unspecified atom stereocenters. The number of phenolic OH excluding ortho intramolecular Hbond substituents is 1. The molecule has 0 aromatic heterocycles. The third-order valence-corrected chi connectivity index (χ3v) is 2.94. The summed E-state index contributed by atoms with van der Waals surface area (Å²) >= 11 is 11.7. The summed E-state index contributed by atoms with van der Waals surface area (Å²) in [5, 5.41) is 12.7. The number of carbonyl (C=O) groups is 1. The van der Waals surface area contributed by atoms with Crippen molar-refractivity contribution in [3.05, 3.63) is 57.8 Å². The zero-order valence-corrected chi connectivity index (χ0v) is 11.0. The molecular weight excluding hydrogens is 292 g/mol. The molecule has 6 heteroatoms. The van der Waals surface area contributed by atoms with E-state index in [4.69, 9.17) is 23.2 Å². The van der Waals surface area contributed by atoms with Crippen molar-refractivity contribution in [2.45, 2.75) is 0 Å². The largest absolute Gasteiger partial charge is 0.507 e. The van der Waals surface area contributed by atoms with Gasteiger partial charge >= 0.3 is 0 Å². The normalized spacial score (nSPS) is 10.3. The SMILES string of the molecule is O=C(Nc1cc(Cl)ccc1Cl)c1cc(F)ccc1O. The molecule has 2 rings (SSSR count). The first-order valence-electron chi connectivity index (χ1n) is 5.22. The van der Waals surface area contributed by atoms with Crippen molar-refractivity contribution in [2.24, 2.45) is 0 Å². The van der Waals surface area contributed by atoms with Crippen LogP contribution in [0, 0.1) is 5.82 Å². The van der Waals surface area contributed by atoms with Crippen molar-refractivity contribution in [3.63, 3.8) is 0 Å². The molecule has 0 heterocycles. The predicted octanol–water partition coefficient (Wildman–Crippen LogP) is 4.09. The van der Waals surface area contributed by atoms with Gasteiger partial charge in [-0.05, 0) is 36.4 Å². The van der Waals surface area contributed by atoms with E-state index < -0.39 is 11.7 Å². The van der Waals surface area contributed by atoms with Gasteiger partial charge in [0.05, 0.1) is 16.3 Å². The van der Waals surface area contributed by atoms with Gasteiger partial charge in [-0.15, -0.1) is 0 Å². The van der Waals surface area contributed by atoms with E-state index in [1.165, 1.54) is 12.1 Å². The summed E-state index contributed by atoms with van der Waals surface area (Å²) in [6.07, 6.45) is 0. The van der Waals surface area contributed by atoms with Gasteiger partial charge in [-0.1, -0.05) is 23.2 Å². The second kappa shape index (κ2) is 5.47. The van der Waals surface area contributed by atoms with Crippen molar-refractivity contribution in [3.8, 4) is 5.75 Å². The van der Waals surface area contributed by atoms with Gasteiger partial charge in [0.15, 0.2) is 0 Å². The third-order valence-electron chi connectivity index (χ3n) is 2.38. The molecule has 2 N–H and O–H groups in total. The second-order valence-electron chi connectivity index (χ2n) is 3.74. The van der Waals surface area contributed by atoms with Crippen LogP contribution in [0.5, 0.6) is 5.75 Å². The Labute approximate surface area is 118 Å². The fraction of sp³-hybridized carbons (Fsp3) is 0. The highest BCUT2D eigenvalue weighted by molar-refractivity contribution is 6.35. The summed E-state index contributed by atoms with van der Waals surface area (Å²) in [4.78, 5) is 11.9. The smallest absolute Gasteiger partial charge is 0.259 e. The molecule has 19 heavy (non-hydrogen) atoms. The Bertz CT molecular complexity index is 647. The zero-order valence-electron chi connectivity index (χ0n) is 9.45. The number of anilines is 1. The number of carbonyl (C=O) groups excluding carboxylic acids is 1. The van der Waals surface area contributed by atoms with Gasteiger partial charge in [0.25, 0.3) is 5.91 Å². The van der Waals surface area contributed by atoms with Crippen LogP contribution in [0.1, 0.15) is 10.4 Å². The minimum absolute atomic E-state index is 0.184. The molecule has 0 saturated heterocycles. The van der Waals surface area contributed by atoms with Crippen LogP contribution in [0.4, 0.5) is 10.1 Å². The molecule has 2 aromatic rings. The average molecular weight is 300 g/mol. The molecule has 2 aromatic carbocycles. The maximum absolute atomic E-state index is 13.1. The number of nitrogens with one attached hydrogen (secondary N) is 1. The van der Waals surface area contributed by atoms with E-state index in [9.17, 15) is 14.3 Å². The zero-order chi connectivity index (χ0) is 14.0. The van der Waals surface area contributed by atoms with Gasteiger partial charge in [-0.3, -0.25) is 4.79 Å². The molecule has 0 aliphatic rings. The van der Waals surface area contributed by atoms with E-state index in [1.54, 1.807) is 6.07 Å². The van der Waals surface area contributed by atoms with Gasteiger partial charge in [0.2, 0.25) is 0 Å². The first-order valence-corrected chi connectivity index (χ1v) is 5.98. The summed E-state index contributed by atoms with van der Waals surface area (Å²) in [6, 6.07) is 7.63. The van der Waals surface area contributed by atoms with Crippen LogP contribution in [0.25, 0.3) is 0 Å². The van der Waals surface area contributed by atoms with Gasteiger partial charge in [-0.25, -0.2) is 4.39 Å². The fourth-order valence-corrected chi connectivity index (χ4v) is 1.81. The van der Waals surface area contributed by atoms with Crippen LogP contribution in [-0.2, 0) is 0 Å². The molecule has 0 saturated carbocycles. The first-order chi connectivity index (χ1) is 8.97. The van der Waals surface area contributed by atoms with Crippen LogP contribution >= 0.6 is 23.2 Å². The van der Waals surface area contributed by atoms with Crippen LogP contribution in [0.15, 0.2) is 36.4 Å². The number of aromatic hydroxyl groups is 1. The topological polar surface area (TPSA) is 49.3 Å². The quantitative estimate of drug-likeness (QED) is 0.877. The Hall–Kier alpha value is -1.78. The molecular formula is C13H8Cl2FNO2. The summed E-state index contributed by atoms with van der Waals surface area (Å²) in [5.74, 6) is -1.63. The lowest BCUT2D eigenvalue weighted by molar-refractivity contribution is 0.102. The summed E-state index contributed by atoms with van der Waals surface area (Å²) in [5.41, 5.74) is 0.0962. The van der Waals surface area contributed by atoms with Crippen LogP contribution in [0.3, 0.4) is 0 Å². The Balaban J connectivity index is 2.30. The number of hydrogen-bond acceptors (Lipinski definition) is 2. The van der Waals surface area contributed by atoms with Gasteiger partial charge < -0.3 is 10.4 Å². The Morgan fingerprint density at radius 2 is 1.89 bits per heavy atom. The predicted molar refractivity (Wildman–Crippen MR) is 72.5 cm³/mol. The van der Waals surface area contributed by atoms with Crippen LogP contribution in [0.2, 0.25) is 10.0 Å². The number of rotatable bonds is 2. The van der Waals surface area contributed by atoms with E-state index >= 15 is 0 Å². The number of halogens is 3. The highest BCUT2D eigenvalue weighted by Gasteiger charge is 2.14. The second-order valence-corrected chi connectivity index (χ2v) is 4.58. The summed E-state index contributed by atoms with van der Waals surface area (Å²) in [7, 11) is 0. The number of amides is 1. The van der Waals surface area contributed by atoms with Gasteiger partial charge in [0, 0.05) is 5.02 Å². The lowest BCUT2D eigenvalue weighted by atomic mass is 10.1. The Morgan fingerprint density at radius 3 is 2.63 bits per heavy atom. The molecule has 0 spiro atoms. The summed E-state index contributed by atoms with van der Waals surface area (Å²) < 4.78 is 13.1. The minimum Gasteiger partial charge on any atom is -0.507 e. The Morgan fingerprint density at radius 1 is 1.16 bits per heavy atom. The van der Waals surface area contributed by atoms with Crippen molar-refractivity contribution in [2.75, 3.05) is 5.32 Å². The van der Waals surface area contributed by atoms with E-state index in [1.807, 2.05) is 0 Å². The molecule has 3 nitrogen and oxygen atoms in total. The van der Waals surface area contributed by atoms with Crippen molar-refractivity contribution < 1.29 is 14.3 Å². The van der Waals surface area contributed by atoms with Crippen molar-refractivity contribution >= 4 is 34.8 Å². The summed E-state index contributed by atoms with van der Waals surface area (Å²) in [6.45, 7) is 0. The number of hydrogen-bond donors (Lipinski definition) is 2. The maximum atomic E-state index is 13.1. The van der Waals surface area contributed by atoms with E-state index in [-0.39, 0.29) is 22.0 Å². The lowest BCUT2D eigenvalue weighted by Gasteiger charge is -2.09. The lowest BCUT2D eigenvalue weighted by Crippen LogP contribution is -2.12. The molecule has 0 aliphatic carbocycles. The van der Waals surface area contributed by atoms with Gasteiger partial charge in [0.1, 0.15) is 11.6 Å². The molecule has 0 atom stereocenters. The monoisotopic (exact) mass is 299 g/mol. The minimum atomic E-state index is -0.679. The molecule has 0 radical (unpaired) electrons. The maximum Gasteiger partial charge on any atom is 0.259 e.